The molecular weight excluding hydrogens is 278 g/mol. The lowest BCUT2D eigenvalue weighted by Gasteiger charge is -2.20. The van der Waals surface area contributed by atoms with Crippen LogP contribution >= 0.6 is 11.3 Å². The van der Waals surface area contributed by atoms with Gasteiger partial charge in [-0.1, -0.05) is 18.2 Å². The lowest BCUT2D eigenvalue weighted by Crippen LogP contribution is -2.30. The van der Waals surface area contributed by atoms with Gasteiger partial charge < -0.3 is 9.64 Å². The minimum Gasteiger partial charge on any atom is -0.489 e. The zero-order valence-electron chi connectivity index (χ0n) is 10.9. The third-order valence-corrected chi connectivity index (χ3v) is 4.08. The standard InChI is InChI=1S/C13H13N3O3S/c1-9-7-15(13-14-6-12(20-13)16(17)18)8-10-4-2-3-5-11(10)19-9/h2-6,9H,7-8H2,1H3. The van der Waals surface area contributed by atoms with Gasteiger partial charge in [0.1, 0.15) is 18.1 Å². The van der Waals surface area contributed by atoms with E-state index in [1.165, 1.54) is 6.20 Å². The average molecular weight is 291 g/mol. The summed E-state index contributed by atoms with van der Waals surface area (Å²) in [5, 5.41) is 11.5. The highest BCUT2D eigenvalue weighted by atomic mass is 32.1. The maximum Gasteiger partial charge on any atom is 0.345 e. The second kappa shape index (κ2) is 5.09. The van der Waals surface area contributed by atoms with E-state index in [0.29, 0.717) is 18.2 Å². The predicted octanol–water partition coefficient (Wildman–Crippen LogP) is 2.84. The van der Waals surface area contributed by atoms with Crippen molar-refractivity contribution in [1.82, 2.24) is 4.98 Å². The Kier molecular flexibility index (Phi) is 3.27. The minimum absolute atomic E-state index is 0.00149. The summed E-state index contributed by atoms with van der Waals surface area (Å²) in [6, 6.07) is 7.85. The molecule has 3 rings (SSSR count). The molecular formula is C13H13N3O3S. The number of rotatable bonds is 2. The van der Waals surface area contributed by atoms with Crippen LogP contribution in [0.1, 0.15) is 12.5 Å². The molecule has 1 atom stereocenters. The number of ether oxygens (including phenoxy) is 1. The number of hydrogen-bond donors (Lipinski definition) is 0. The van der Waals surface area contributed by atoms with Gasteiger partial charge in [-0.2, -0.15) is 0 Å². The molecule has 1 aliphatic rings. The fourth-order valence-corrected chi connectivity index (χ4v) is 2.96. The van der Waals surface area contributed by atoms with Gasteiger partial charge in [0.05, 0.1) is 11.5 Å². The number of hydrogen-bond acceptors (Lipinski definition) is 6. The van der Waals surface area contributed by atoms with Gasteiger partial charge in [0, 0.05) is 12.1 Å². The smallest absolute Gasteiger partial charge is 0.345 e. The summed E-state index contributed by atoms with van der Waals surface area (Å²) in [7, 11) is 0. The van der Waals surface area contributed by atoms with Crippen LogP contribution in [0.3, 0.4) is 0 Å². The van der Waals surface area contributed by atoms with E-state index in [2.05, 4.69) is 4.98 Å². The van der Waals surface area contributed by atoms with Crippen molar-refractivity contribution in [3.63, 3.8) is 0 Å². The molecule has 0 N–H and O–H groups in total. The van der Waals surface area contributed by atoms with Crippen molar-refractivity contribution in [3.8, 4) is 5.75 Å². The normalized spacial score (nSPS) is 18.1. The van der Waals surface area contributed by atoms with Crippen molar-refractivity contribution in [3.05, 3.63) is 46.1 Å². The van der Waals surface area contributed by atoms with Crippen LogP contribution in [0.25, 0.3) is 0 Å². The molecule has 1 aliphatic heterocycles. The van der Waals surface area contributed by atoms with Crippen LogP contribution in [0.5, 0.6) is 5.75 Å². The minimum atomic E-state index is -0.410. The largest absolute Gasteiger partial charge is 0.489 e. The molecule has 0 spiro atoms. The zero-order valence-corrected chi connectivity index (χ0v) is 11.7. The van der Waals surface area contributed by atoms with Crippen molar-refractivity contribution < 1.29 is 9.66 Å². The zero-order chi connectivity index (χ0) is 14.1. The van der Waals surface area contributed by atoms with Crippen LogP contribution < -0.4 is 9.64 Å². The maximum absolute atomic E-state index is 10.8. The first-order valence-electron chi connectivity index (χ1n) is 6.23. The molecule has 1 unspecified atom stereocenters. The molecule has 0 saturated carbocycles. The van der Waals surface area contributed by atoms with E-state index in [-0.39, 0.29) is 11.1 Å². The monoisotopic (exact) mass is 291 g/mol. The molecule has 0 saturated heterocycles. The highest BCUT2D eigenvalue weighted by Gasteiger charge is 2.23. The lowest BCUT2D eigenvalue weighted by atomic mass is 10.2. The molecule has 6 nitrogen and oxygen atoms in total. The van der Waals surface area contributed by atoms with Gasteiger partial charge in [0.2, 0.25) is 0 Å². The molecule has 104 valence electrons. The number of nitrogens with zero attached hydrogens (tertiary/aromatic N) is 3. The number of nitro groups is 1. The topological polar surface area (TPSA) is 68.5 Å². The molecule has 0 amide bonds. The van der Waals surface area contributed by atoms with Crippen molar-refractivity contribution in [2.75, 3.05) is 11.4 Å². The van der Waals surface area contributed by atoms with Gasteiger partial charge in [0.25, 0.3) is 0 Å². The molecule has 1 aromatic heterocycles. The van der Waals surface area contributed by atoms with Crippen LogP contribution in [0.2, 0.25) is 0 Å². The first kappa shape index (κ1) is 12.9. The van der Waals surface area contributed by atoms with Gasteiger partial charge in [-0.15, -0.1) is 0 Å². The van der Waals surface area contributed by atoms with E-state index in [4.69, 9.17) is 4.74 Å². The Bertz CT molecular complexity index is 643. The molecule has 1 aromatic carbocycles. The summed E-state index contributed by atoms with van der Waals surface area (Å²) >= 11 is 1.09. The number of fused-ring (bicyclic) bond motifs is 1. The number of anilines is 1. The number of para-hydroxylation sites is 1. The second-order valence-corrected chi connectivity index (χ2v) is 5.64. The Morgan fingerprint density at radius 1 is 1.50 bits per heavy atom. The summed E-state index contributed by atoms with van der Waals surface area (Å²) in [6.07, 6.45) is 1.31. The summed E-state index contributed by atoms with van der Waals surface area (Å²) in [5.74, 6) is 0.869. The van der Waals surface area contributed by atoms with Crippen molar-refractivity contribution in [2.45, 2.75) is 19.6 Å². The third-order valence-electron chi connectivity index (χ3n) is 3.07. The van der Waals surface area contributed by atoms with Gasteiger partial charge >= 0.3 is 5.00 Å². The summed E-state index contributed by atoms with van der Waals surface area (Å²) < 4.78 is 5.86. The highest BCUT2D eigenvalue weighted by molar-refractivity contribution is 7.18. The highest BCUT2D eigenvalue weighted by Crippen LogP contribution is 2.32. The molecule has 0 radical (unpaired) electrons. The van der Waals surface area contributed by atoms with E-state index in [0.717, 1.165) is 22.6 Å². The summed E-state index contributed by atoms with van der Waals surface area (Å²) in [5.41, 5.74) is 1.06. The molecule has 0 fully saturated rings. The Balaban J connectivity index is 1.91. The number of benzene rings is 1. The number of thiazole rings is 1. The Morgan fingerprint density at radius 3 is 3.05 bits per heavy atom. The van der Waals surface area contributed by atoms with Gasteiger partial charge in [-0.25, -0.2) is 4.98 Å². The molecule has 7 heteroatoms. The Morgan fingerprint density at radius 2 is 2.30 bits per heavy atom. The Labute approximate surface area is 119 Å². The molecule has 20 heavy (non-hydrogen) atoms. The predicted molar refractivity (Wildman–Crippen MR) is 76.4 cm³/mol. The van der Waals surface area contributed by atoms with Crippen molar-refractivity contribution >= 4 is 21.5 Å². The summed E-state index contributed by atoms with van der Waals surface area (Å²) in [6.45, 7) is 3.28. The average Bonchev–Trinajstić information content (AvgIpc) is 2.83. The SMILES string of the molecule is CC1CN(c2ncc([N+](=O)[O-])s2)Cc2ccccc2O1. The second-order valence-electron chi connectivity index (χ2n) is 4.65. The lowest BCUT2D eigenvalue weighted by molar-refractivity contribution is -0.380. The van der Waals surface area contributed by atoms with E-state index in [1.807, 2.05) is 36.1 Å². The van der Waals surface area contributed by atoms with Crippen LogP contribution in [0.15, 0.2) is 30.5 Å². The number of aromatic nitrogens is 1. The van der Waals surface area contributed by atoms with Crippen LogP contribution in [-0.2, 0) is 6.54 Å². The van der Waals surface area contributed by atoms with Crippen molar-refractivity contribution in [2.24, 2.45) is 0 Å². The molecule has 2 heterocycles. The van der Waals surface area contributed by atoms with Gasteiger partial charge in [0.15, 0.2) is 5.13 Å². The van der Waals surface area contributed by atoms with Crippen LogP contribution in [-0.4, -0.2) is 22.6 Å². The maximum atomic E-state index is 10.8. The third kappa shape index (κ3) is 2.44. The van der Waals surface area contributed by atoms with E-state index in [9.17, 15) is 10.1 Å². The quantitative estimate of drug-likeness (QED) is 0.628. The van der Waals surface area contributed by atoms with Gasteiger partial charge in [-0.3, -0.25) is 10.1 Å². The fourth-order valence-electron chi connectivity index (χ4n) is 2.22. The molecule has 0 aliphatic carbocycles. The molecule has 2 aromatic rings. The Hall–Kier alpha value is -2.15. The van der Waals surface area contributed by atoms with E-state index >= 15 is 0 Å². The first-order chi connectivity index (χ1) is 9.63. The van der Waals surface area contributed by atoms with E-state index in [1.54, 1.807) is 0 Å². The fraction of sp³-hybridized carbons (Fsp3) is 0.308. The first-order valence-corrected chi connectivity index (χ1v) is 7.05. The summed E-state index contributed by atoms with van der Waals surface area (Å²) in [4.78, 5) is 16.5. The van der Waals surface area contributed by atoms with E-state index < -0.39 is 4.92 Å². The van der Waals surface area contributed by atoms with Crippen molar-refractivity contribution in [1.29, 1.82) is 0 Å². The molecule has 0 bridgehead atoms. The van der Waals surface area contributed by atoms with Crippen LogP contribution in [0, 0.1) is 10.1 Å². The van der Waals surface area contributed by atoms with Crippen LogP contribution in [0.4, 0.5) is 10.1 Å². The van der Waals surface area contributed by atoms with Gasteiger partial charge in [-0.05, 0) is 24.3 Å².